The van der Waals surface area contributed by atoms with Crippen LogP contribution in [0, 0.1) is 5.92 Å². The van der Waals surface area contributed by atoms with Gasteiger partial charge in [-0.1, -0.05) is 6.07 Å². The first-order chi connectivity index (χ1) is 11.0. The van der Waals surface area contributed by atoms with E-state index in [-0.39, 0.29) is 41.0 Å². The van der Waals surface area contributed by atoms with Gasteiger partial charge in [0.2, 0.25) is 0 Å². The maximum Gasteiger partial charge on any atom is 0.177 e. The summed E-state index contributed by atoms with van der Waals surface area (Å²) in [5.74, 6) is -0.647. The van der Waals surface area contributed by atoms with E-state index >= 15 is 0 Å². The number of hydrogen-bond acceptors (Lipinski definition) is 6. The summed E-state index contributed by atoms with van der Waals surface area (Å²) < 4.78 is 10.5. The lowest BCUT2D eigenvalue weighted by Crippen LogP contribution is -2.29. The van der Waals surface area contributed by atoms with Crippen molar-refractivity contribution in [3.05, 3.63) is 41.5 Å². The van der Waals surface area contributed by atoms with Crippen LogP contribution >= 0.6 is 0 Å². The summed E-state index contributed by atoms with van der Waals surface area (Å²) in [6, 6.07) is 7.35. The van der Waals surface area contributed by atoms with E-state index in [4.69, 9.17) is 9.47 Å². The number of aromatic hydroxyl groups is 3. The second-order valence-corrected chi connectivity index (χ2v) is 5.42. The van der Waals surface area contributed by atoms with Crippen molar-refractivity contribution in [1.29, 1.82) is 0 Å². The van der Waals surface area contributed by atoms with E-state index in [1.54, 1.807) is 12.1 Å². The van der Waals surface area contributed by atoms with Crippen molar-refractivity contribution >= 4 is 5.78 Å². The normalized spacial score (nSPS) is 16.6. The first-order valence-electron chi connectivity index (χ1n) is 7.08. The van der Waals surface area contributed by atoms with Gasteiger partial charge in [0.1, 0.15) is 22.8 Å². The van der Waals surface area contributed by atoms with Crippen LogP contribution in [0.5, 0.6) is 28.7 Å². The summed E-state index contributed by atoms with van der Waals surface area (Å²) in [7, 11) is 1.46. The number of ether oxygens (including phenoxy) is 2. The number of Topliss-reactive ketones (excluding diaryl/α,β-unsaturated/α-hetero) is 1. The second-order valence-electron chi connectivity index (χ2n) is 5.42. The van der Waals surface area contributed by atoms with Crippen LogP contribution in [0.3, 0.4) is 0 Å². The molecule has 3 rings (SSSR count). The lowest BCUT2D eigenvalue weighted by atomic mass is 9.89. The summed E-state index contributed by atoms with van der Waals surface area (Å²) in [5, 5.41) is 29.1. The number of phenols is 3. The Labute approximate surface area is 132 Å². The molecule has 0 aliphatic carbocycles. The molecule has 2 aromatic carbocycles. The van der Waals surface area contributed by atoms with Crippen LogP contribution in [0.2, 0.25) is 0 Å². The molecule has 0 aromatic heterocycles. The molecule has 1 unspecified atom stereocenters. The van der Waals surface area contributed by atoms with E-state index < -0.39 is 5.92 Å². The lowest BCUT2D eigenvalue weighted by molar-refractivity contribution is 0.0826. The van der Waals surface area contributed by atoms with Crippen molar-refractivity contribution in [2.75, 3.05) is 13.7 Å². The molecule has 0 fully saturated rings. The molecule has 0 radical (unpaired) electrons. The van der Waals surface area contributed by atoms with Gasteiger partial charge in [-0.15, -0.1) is 0 Å². The first-order valence-corrected chi connectivity index (χ1v) is 7.08. The Morgan fingerprint density at radius 1 is 1.17 bits per heavy atom. The van der Waals surface area contributed by atoms with Crippen molar-refractivity contribution < 1.29 is 29.6 Å². The SMILES string of the molecule is COc1ccc(CC2COc3cc(O)cc(O)c3C2=O)cc1O. The summed E-state index contributed by atoms with van der Waals surface area (Å²) in [5.41, 5.74) is 0.837. The van der Waals surface area contributed by atoms with Crippen LogP contribution in [0.1, 0.15) is 15.9 Å². The third-order valence-corrected chi connectivity index (χ3v) is 3.85. The second kappa shape index (κ2) is 5.72. The van der Waals surface area contributed by atoms with Gasteiger partial charge in [0.05, 0.1) is 19.6 Å². The average molecular weight is 316 g/mol. The topological polar surface area (TPSA) is 96.2 Å². The van der Waals surface area contributed by atoms with Crippen LogP contribution in [0.4, 0.5) is 0 Å². The Kier molecular flexibility index (Phi) is 3.73. The van der Waals surface area contributed by atoms with Crippen LogP contribution < -0.4 is 9.47 Å². The fourth-order valence-electron chi connectivity index (χ4n) is 2.72. The fraction of sp³-hybridized carbons (Fsp3) is 0.235. The Morgan fingerprint density at radius 3 is 2.65 bits per heavy atom. The van der Waals surface area contributed by atoms with E-state index in [0.717, 1.165) is 11.6 Å². The number of rotatable bonds is 3. The van der Waals surface area contributed by atoms with E-state index in [2.05, 4.69) is 0 Å². The molecule has 0 bridgehead atoms. The molecule has 1 aliphatic heterocycles. The highest BCUT2D eigenvalue weighted by atomic mass is 16.5. The molecular formula is C17H16O6. The Balaban J connectivity index is 1.85. The van der Waals surface area contributed by atoms with Crippen molar-refractivity contribution in [1.82, 2.24) is 0 Å². The predicted molar refractivity (Wildman–Crippen MR) is 81.4 cm³/mol. The molecule has 0 spiro atoms. The molecule has 3 N–H and O–H groups in total. The van der Waals surface area contributed by atoms with E-state index in [1.165, 1.54) is 19.2 Å². The number of hydrogen-bond donors (Lipinski definition) is 3. The summed E-state index contributed by atoms with van der Waals surface area (Å²) in [6.45, 7) is 0.140. The van der Waals surface area contributed by atoms with Crippen LogP contribution in [0.15, 0.2) is 30.3 Å². The van der Waals surface area contributed by atoms with Gasteiger partial charge in [-0.2, -0.15) is 0 Å². The minimum atomic E-state index is -0.481. The van der Waals surface area contributed by atoms with Gasteiger partial charge < -0.3 is 24.8 Å². The number of benzene rings is 2. The maximum absolute atomic E-state index is 12.6. The monoisotopic (exact) mass is 316 g/mol. The zero-order chi connectivity index (χ0) is 16.6. The molecule has 6 heteroatoms. The Morgan fingerprint density at radius 2 is 1.96 bits per heavy atom. The summed E-state index contributed by atoms with van der Waals surface area (Å²) in [4.78, 5) is 12.6. The minimum Gasteiger partial charge on any atom is -0.508 e. The Hall–Kier alpha value is -2.89. The molecular weight excluding hydrogens is 300 g/mol. The Bertz CT molecular complexity index is 768. The van der Waals surface area contributed by atoms with Gasteiger partial charge >= 0.3 is 0 Å². The van der Waals surface area contributed by atoms with Crippen molar-refractivity contribution in [2.45, 2.75) is 6.42 Å². The molecule has 1 heterocycles. The lowest BCUT2D eigenvalue weighted by Gasteiger charge is -2.25. The number of phenolic OH excluding ortho intramolecular Hbond substituents is 3. The summed E-state index contributed by atoms with van der Waals surface area (Å²) in [6.07, 6.45) is 0.357. The smallest absolute Gasteiger partial charge is 0.177 e. The molecule has 120 valence electrons. The zero-order valence-electron chi connectivity index (χ0n) is 12.4. The molecule has 0 amide bonds. The maximum atomic E-state index is 12.6. The predicted octanol–water partition coefficient (Wildman–Crippen LogP) is 2.25. The number of ketones is 1. The number of carbonyl (C=O) groups excluding carboxylic acids is 1. The fourth-order valence-corrected chi connectivity index (χ4v) is 2.72. The minimum absolute atomic E-state index is 0.00217. The van der Waals surface area contributed by atoms with Gasteiger partial charge in [-0.05, 0) is 24.1 Å². The van der Waals surface area contributed by atoms with Crippen LogP contribution in [-0.4, -0.2) is 34.8 Å². The van der Waals surface area contributed by atoms with Gasteiger partial charge in [0, 0.05) is 12.1 Å². The highest BCUT2D eigenvalue weighted by Gasteiger charge is 2.32. The summed E-state index contributed by atoms with van der Waals surface area (Å²) >= 11 is 0. The zero-order valence-corrected chi connectivity index (χ0v) is 12.4. The highest BCUT2D eigenvalue weighted by Crippen LogP contribution is 2.38. The average Bonchev–Trinajstić information content (AvgIpc) is 2.49. The van der Waals surface area contributed by atoms with E-state index in [0.29, 0.717) is 12.2 Å². The van der Waals surface area contributed by atoms with E-state index in [9.17, 15) is 20.1 Å². The molecule has 0 saturated heterocycles. The van der Waals surface area contributed by atoms with Gasteiger partial charge in [0.15, 0.2) is 17.3 Å². The number of methoxy groups -OCH3 is 1. The molecule has 1 atom stereocenters. The van der Waals surface area contributed by atoms with Crippen LogP contribution in [-0.2, 0) is 6.42 Å². The quantitative estimate of drug-likeness (QED) is 0.803. The first kappa shape index (κ1) is 15.0. The van der Waals surface area contributed by atoms with Gasteiger partial charge in [-0.25, -0.2) is 0 Å². The number of carbonyl (C=O) groups is 1. The third-order valence-electron chi connectivity index (χ3n) is 3.85. The van der Waals surface area contributed by atoms with Gasteiger partial charge in [-0.3, -0.25) is 4.79 Å². The van der Waals surface area contributed by atoms with Crippen LogP contribution in [0.25, 0.3) is 0 Å². The molecule has 2 aromatic rings. The molecule has 23 heavy (non-hydrogen) atoms. The molecule has 0 saturated carbocycles. The highest BCUT2D eigenvalue weighted by molar-refractivity contribution is 6.04. The van der Waals surface area contributed by atoms with E-state index in [1.807, 2.05) is 0 Å². The third kappa shape index (κ3) is 2.75. The number of fused-ring (bicyclic) bond motifs is 1. The van der Waals surface area contributed by atoms with Crippen molar-refractivity contribution in [2.24, 2.45) is 5.92 Å². The van der Waals surface area contributed by atoms with Gasteiger partial charge in [0.25, 0.3) is 0 Å². The van der Waals surface area contributed by atoms with Crippen molar-refractivity contribution in [3.63, 3.8) is 0 Å². The molecule has 6 nitrogen and oxygen atoms in total. The largest absolute Gasteiger partial charge is 0.508 e. The molecule has 1 aliphatic rings. The standard InChI is InChI=1S/C17H16O6/c1-22-14-3-2-9(5-12(14)19)4-10-8-23-15-7-11(18)6-13(20)16(15)17(10)21/h2-3,5-7,10,18-20H,4,8H2,1H3. The van der Waals surface area contributed by atoms with Crippen molar-refractivity contribution in [3.8, 4) is 28.7 Å².